The zero-order valence-corrected chi connectivity index (χ0v) is 12.0. The number of fused-ring (bicyclic) bond motifs is 1. The number of Topliss-reactive ketones (excluding diaryl/α,β-unsaturated/α-hetero) is 1. The minimum atomic E-state index is -0.261. The number of carbonyl (C=O) groups excluding carboxylic acids is 2. The Bertz CT molecular complexity index is 648. The number of carbonyl (C=O) groups is 2. The number of aromatic nitrogens is 2. The number of anilines is 1. The molecule has 0 radical (unpaired) electrons. The second kappa shape index (κ2) is 5.20. The number of nitrogens with zero attached hydrogens (tertiary/aromatic N) is 1. The molecule has 1 aliphatic rings. The number of aromatic amines is 1. The third-order valence-corrected chi connectivity index (χ3v) is 4.47. The van der Waals surface area contributed by atoms with Crippen LogP contribution < -0.4 is 5.32 Å². The van der Waals surface area contributed by atoms with Crippen LogP contribution in [0, 0.1) is 0 Å². The van der Waals surface area contributed by atoms with Gasteiger partial charge in [0.2, 0.25) is 0 Å². The first kappa shape index (κ1) is 13.1. The van der Waals surface area contributed by atoms with E-state index in [1.807, 2.05) is 0 Å². The maximum Gasteiger partial charge on any atom is 0.273 e. The van der Waals surface area contributed by atoms with E-state index in [-0.39, 0.29) is 11.7 Å². The SMILES string of the molecule is CC(=O)c1c[nH]c(C(=O)Nc2nc3c(s2)CCCC3)c1. The quantitative estimate of drug-likeness (QED) is 0.853. The molecule has 0 bridgehead atoms. The van der Waals surface area contributed by atoms with E-state index in [1.165, 1.54) is 24.6 Å². The average Bonchev–Trinajstić information content (AvgIpc) is 3.04. The molecule has 20 heavy (non-hydrogen) atoms. The van der Waals surface area contributed by atoms with Crippen LogP contribution in [0.2, 0.25) is 0 Å². The van der Waals surface area contributed by atoms with E-state index >= 15 is 0 Å². The van der Waals surface area contributed by atoms with Crippen molar-refractivity contribution in [1.29, 1.82) is 0 Å². The van der Waals surface area contributed by atoms with Crippen LogP contribution in [0.1, 0.15) is 51.2 Å². The molecule has 6 heteroatoms. The molecule has 0 saturated heterocycles. The molecule has 0 saturated carbocycles. The lowest BCUT2D eigenvalue weighted by atomic mass is 10.0. The first-order valence-electron chi connectivity index (χ1n) is 6.63. The molecule has 2 heterocycles. The highest BCUT2D eigenvalue weighted by Gasteiger charge is 2.17. The summed E-state index contributed by atoms with van der Waals surface area (Å²) in [7, 11) is 0. The van der Waals surface area contributed by atoms with E-state index in [0.717, 1.165) is 18.5 Å². The lowest BCUT2D eigenvalue weighted by Gasteiger charge is -2.06. The van der Waals surface area contributed by atoms with Gasteiger partial charge in [0.05, 0.1) is 5.69 Å². The Morgan fingerprint density at radius 1 is 1.35 bits per heavy atom. The third-order valence-electron chi connectivity index (χ3n) is 3.40. The highest BCUT2D eigenvalue weighted by molar-refractivity contribution is 7.15. The van der Waals surface area contributed by atoms with Gasteiger partial charge in [0.25, 0.3) is 5.91 Å². The summed E-state index contributed by atoms with van der Waals surface area (Å²) in [6.07, 6.45) is 5.96. The van der Waals surface area contributed by atoms with Crippen LogP contribution in [0.3, 0.4) is 0 Å². The van der Waals surface area contributed by atoms with E-state index in [2.05, 4.69) is 15.3 Å². The predicted molar refractivity (Wildman–Crippen MR) is 77.5 cm³/mol. The van der Waals surface area contributed by atoms with Gasteiger partial charge in [0.1, 0.15) is 5.69 Å². The summed E-state index contributed by atoms with van der Waals surface area (Å²) < 4.78 is 0. The average molecular weight is 289 g/mol. The molecule has 0 atom stereocenters. The van der Waals surface area contributed by atoms with Gasteiger partial charge in [-0.25, -0.2) is 4.98 Å². The van der Waals surface area contributed by atoms with Gasteiger partial charge in [-0.2, -0.15) is 0 Å². The molecule has 0 spiro atoms. The Balaban J connectivity index is 1.74. The summed E-state index contributed by atoms with van der Waals surface area (Å²) in [5.74, 6) is -0.325. The molecule has 104 valence electrons. The van der Waals surface area contributed by atoms with E-state index in [4.69, 9.17) is 0 Å². The Hall–Kier alpha value is -1.95. The van der Waals surface area contributed by atoms with Gasteiger partial charge in [-0.1, -0.05) is 0 Å². The van der Waals surface area contributed by atoms with Gasteiger partial charge in [-0.05, 0) is 38.7 Å². The Morgan fingerprint density at radius 3 is 2.85 bits per heavy atom. The Kier molecular flexibility index (Phi) is 3.40. The molecule has 0 aromatic carbocycles. The molecule has 2 aromatic rings. The fraction of sp³-hybridized carbons (Fsp3) is 0.357. The fourth-order valence-corrected chi connectivity index (χ4v) is 3.34. The summed E-state index contributed by atoms with van der Waals surface area (Å²) in [6.45, 7) is 1.47. The summed E-state index contributed by atoms with van der Waals surface area (Å²) in [5, 5.41) is 3.43. The Labute approximate surface area is 120 Å². The van der Waals surface area contributed by atoms with Crippen molar-refractivity contribution >= 4 is 28.2 Å². The smallest absolute Gasteiger partial charge is 0.273 e. The molecule has 1 amide bonds. The molecular formula is C14H15N3O2S. The monoisotopic (exact) mass is 289 g/mol. The van der Waals surface area contributed by atoms with Crippen molar-refractivity contribution in [3.63, 3.8) is 0 Å². The number of thiazole rings is 1. The summed E-state index contributed by atoms with van der Waals surface area (Å²) in [5.41, 5.74) is 2.00. The second-order valence-electron chi connectivity index (χ2n) is 4.91. The molecule has 0 unspecified atom stereocenters. The number of ketones is 1. The molecule has 2 aromatic heterocycles. The number of H-pyrrole nitrogens is 1. The molecule has 0 aliphatic heterocycles. The zero-order chi connectivity index (χ0) is 14.1. The van der Waals surface area contributed by atoms with Gasteiger partial charge in [-0.3, -0.25) is 14.9 Å². The second-order valence-corrected chi connectivity index (χ2v) is 5.99. The van der Waals surface area contributed by atoms with Crippen LogP contribution in [0.4, 0.5) is 5.13 Å². The standard InChI is InChI=1S/C14H15N3O2S/c1-8(18)9-6-11(15-7-9)13(19)17-14-16-10-4-2-3-5-12(10)20-14/h6-7,15H,2-5H2,1H3,(H,16,17,19). The Morgan fingerprint density at radius 2 is 2.15 bits per heavy atom. The highest BCUT2D eigenvalue weighted by Crippen LogP contribution is 2.29. The van der Waals surface area contributed by atoms with Gasteiger partial charge < -0.3 is 4.98 Å². The van der Waals surface area contributed by atoms with Gasteiger partial charge in [0.15, 0.2) is 10.9 Å². The maximum absolute atomic E-state index is 12.1. The minimum absolute atomic E-state index is 0.0648. The van der Waals surface area contributed by atoms with Crippen LogP contribution in [0.5, 0.6) is 0 Å². The number of nitrogens with one attached hydrogen (secondary N) is 2. The maximum atomic E-state index is 12.1. The van der Waals surface area contributed by atoms with Crippen molar-refractivity contribution in [2.24, 2.45) is 0 Å². The zero-order valence-electron chi connectivity index (χ0n) is 11.2. The van der Waals surface area contributed by atoms with Crippen molar-refractivity contribution in [2.45, 2.75) is 32.6 Å². The van der Waals surface area contributed by atoms with E-state index in [1.54, 1.807) is 23.6 Å². The fourth-order valence-electron chi connectivity index (χ4n) is 2.30. The largest absolute Gasteiger partial charge is 0.356 e. The number of hydrogen-bond acceptors (Lipinski definition) is 4. The molecule has 5 nitrogen and oxygen atoms in total. The normalized spacial score (nSPS) is 13.8. The highest BCUT2D eigenvalue weighted by atomic mass is 32.1. The van der Waals surface area contributed by atoms with Crippen molar-refractivity contribution in [2.75, 3.05) is 5.32 Å². The van der Waals surface area contributed by atoms with E-state index < -0.39 is 0 Å². The first-order chi connectivity index (χ1) is 9.63. The molecule has 3 rings (SSSR count). The first-order valence-corrected chi connectivity index (χ1v) is 7.44. The lowest BCUT2D eigenvalue weighted by Crippen LogP contribution is -2.12. The van der Waals surface area contributed by atoms with Gasteiger partial charge in [-0.15, -0.1) is 11.3 Å². The van der Waals surface area contributed by atoms with Crippen molar-refractivity contribution < 1.29 is 9.59 Å². The summed E-state index contributed by atoms with van der Waals surface area (Å²) in [6, 6.07) is 1.56. The minimum Gasteiger partial charge on any atom is -0.356 e. The summed E-state index contributed by atoms with van der Waals surface area (Å²) in [4.78, 5) is 31.8. The van der Waals surface area contributed by atoms with Crippen molar-refractivity contribution in [3.8, 4) is 0 Å². The van der Waals surface area contributed by atoms with Gasteiger partial charge in [0, 0.05) is 16.6 Å². The molecular weight excluding hydrogens is 274 g/mol. The van der Waals surface area contributed by atoms with Crippen LogP contribution in [0.15, 0.2) is 12.3 Å². The van der Waals surface area contributed by atoms with Crippen LogP contribution in [-0.2, 0) is 12.8 Å². The number of rotatable bonds is 3. The van der Waals surface area contributed by atoms with Crippen molar-refractivity contribution in [3.05, 3.63) is 34.1 Å². The van der Waals surface area contributed by atoms with Gasteiger partial charge >= 0.3 is 0 Å². The molecule has 2 N–H and O–H groups in total. The van der Waals surface area contributed by atoms with E-state index in [9.17, 15) is 9.59 Å². The molecule has 0 fully saturated rings. The van der Waals surface area contributed by atoms with Crippen LogP contribution >= 0.6 is 11.3 Å². The van der Waals surface area contributed by atoms with E-state index in [0.29, 0.717) is 16.4 Å². The number of aryl methyl sites for hydroxylation is 2. The van der Waals surface area contributed by atoms with Crippen LogP contribution in [-0.4, -0.2) is 21.7 Å². The van der Waals surface area contributed by atoms with Crippen molar-refractivity contribution in [1.82, 2.24) is 9.97 Å². The predicted octanol–water partition coefficient (Wildman–Crippen LogP) is 2.80. The third kappa shape index (κ3) is 2.51. The van der Waals surface area contributed by atoms with Crippen LogP contribution in [0.25, 0.3) is 0 Å². The lowest BCUT2D eigenvalue weighted by molar-refractivity contribution is 0.101. The number of hydrogen-bond donors (Lipinski definition) is 2. The number of amides is 1. The summed E-state index contributed by atoms with van der Waals surface area (Å²) >= 11 is 1.55. The molecule has 1 aliphatic carbocycles. The topological polar surface area (TPSA) is 74.8 Å².